The molecular formula is C19H40O2. The Morgan fingerprint density at radius 1 is 0.476 bits per heavy atom. The van der Waals surface area contributed by atoms with E-state index in [1.54, 1.807) is 0 Å². The van der Waals surface area contributed by atoms with Crippen molar-refractivity contribution in [3.63, 3.8) is 0 Å². The third kappa shape index (κ3) is 14.6. The Morgan fingerprint density at radius 2 is 0.762 bits per heavy atom. The summed E-state index contributed by atoms with van der Waals surface area (Å²) >= 11 is 0. The lowest BCUT2D eigenvalue weighted by Crippen LogP contribution is -2.25. The molecule has 0 amide bonds. The molecule has 21 heavy (non-hydrogen) atoms. The van der Waals surface area contributed by atoms with Gasteiger partial charge in [0.1, 0.15) is 0 Å². The van der Waals surface area contributed by atoms with Crippen LogP contribution in [-0.2, 0) is 0 Å². The zero-order valence-corrected chi connectivity index (χ0v) is 14.7. The summed E-state index contributed by atoms with van der Waals surface area (Å²) in [6.45, 7) is 4.42. The van der Waals surface area contributed by atoms with E-state index in [4.69, 9.17) is 0 Å². The predicted molar refractivity (Wildman–Crippen MR) is 92.6 cm³/mol. The van der Waals surface area contributed by atoms with Crippen molar-refractivity contribution in [2.45, 2.75) is 122 Å². The van der Waals surface area contributed by atoms with Crippen LogP contribution in [0.1, 0.15) is 110 Å². The van der Waals surface area contributed by atoms with Crippen LogP contribution in [0.25, 0.3) is 0 Å². The SMILES string of the molecule is CCCCCCCCCCCCC(O)C(O)CCCCC. The van der Waals surface area contributed by atoms with Crippen molar-refractivity contribution in [1.82, 2.24) is 0 Å². The lowest BCUT2D eigenvalue weighted by molar-refractivity contribution is 0.00718. The van der Waals surface area contributed by atoms with Crippen molar-refractivity contribution in [3.05, 3.63) is 0 Å². The van der Waals surface area contributed by atoms with E-state index in [1.807, 2.05) is 0 Å². The van der Waals surface area contributed by atoms with Gasteiger partial charge in [0.15, 0.2) is 0 Å². The number of rotatable bonds is 16. The summed E-state index contributed by atoms with van der Waals surface area (Å²) in [5.74, 6) is 0. The van der Waals surface area contributed by atoms with Crippen LogP contribution in [0, 0.1) is 0 Å². The first-order chi connectivity index (χ1) is 10.2. The summed E-state index contributed by atoms with van der Waals surface area (Å²) in [4.78, 5) is 0. The molecule has 0 aromatic heterocycles. The third-order valence-electron chi connectivity index (χ3n) is 4.40. The average molecular weight is 301 g/mol. The molecule has 0 spiro atoms. The molecule has 0 saturated heterocycles. The Kier molecular flexibility index (Phi) is 16.2. The molecule has 0 radical (unpaired) electrons. The fourth-order valence-electron chi connectivity index (χ4n) is 2.83. The molecule has 0 aliphatic carbocycles. The zero-order valence-electron chi connectivity index (χ0n) is 14.7. The highest BCUT2D eigenvalue weighted by Crippen LogP contribution is 2.15. The molecule has 0 saturated carbocycles. The van der Waals surface area contributed by atoms with Crippen molar-refractivity contribution < 1.29 is 10.2 Å². The van der Waals surface area contributed by atoms with E-state index in [2.05, 4.69) is 13.8 Å². The van der Waals surface area contributed by atoms with Gasteiger partial charge >= 0.3 is 0 Å². The average Bonchev–Trinajstić information content (AvgIpc) is 2.49. The van der Waals surface area contributed by atoms with Crippen molar-refractivity contribution in [1.29, 1.82) is 0 Å². The Hall–Kier alpha value is -0.0800. The highest BCUT2D eigenvalue weighted by atomic mass is 16.3. The molecule has 2 heteroatoms. The van der Waals surface area contributed by atoms with Gasteiger partial charge in [-0.3, -0.25) is 0 Å². The first-order valence-corrected chi connectivity index (χ1v) is 9.58. The number of aliphatic hydroxyl groups is 2. The van der Waals surface area contributed by atoms with Gasteiger partial charge in [0, 0.05) is 0 Å². The second-order valence-electron chi connectivity index (χ2n) is 6.60. The van der Waals surface area contributed by atoms with Crippen LogP contribution in [0.2, 0.25) is 0 Å². The Morgan fingerprint density at radius 3 is 1.19 bits per heavy atom. The van der Waals surface area contributed by atoms with Crippen LogP contribution in [0.5, 0.6) is 0 Å². The molecule has 0 aromatic rings. The summed E-state index contributed by atoms with van der Waals surface area (Å²) < 4.78 is 0. The van der Waals surface area contributed by atoms with Crippen LogP contribution in [0.4, 0.5) is 0 Å². The second-order valence-corrected chi connectivity index (χ2v) is 6.60. The van der Waals surface area contributed by atoms with Gasteiger partial charge in [-0.05, 0) is 12.8 Å². The highest BCUT2D eigenvalue weighted by molar-refractivity contribution is 4.67. The Balaban J connectivity index is 3.25. The summed E-state index contributed by atoms with van der Waals surface area (Å²) in [5.41, 5.74) is 0. The first kappa shape index (κ1) is 20.9. The number of hydrogen-bond acceptors (Lipinski definition) is 2. The summed E-state index contributed by atoms with van der Waals surface area (Å²) in [6.07, 6.45) is 17.0. The quantitative estimate of drug-likeness (QED) is 0.364. The number of hydrogen-bond donors (Lipinski definition) is 2. The minimum absolute atomic E-state index is 0.504. The van der Waals surface area contributed by atoms with E-state index >= 15 is 0 Å². The van der Waals surface area contributed by atoms with Gasteiger partial charge in [-0.1, -0.05) is 97.3 Å². The monoisotopic (exact) mass is 300 g/mol. The van der Waals surface area contributed by atoms with E-state index in [-0.39, 0.29) is 0 Å². The first-order valence-electron chi connectivity index (χ1n) is 9.58. The van der Waals surface area contributed by atoms with Crippen LogP contribution in [-0.4, -0.2) is 22.4 Å². The standard InChI is InChI=1S/C19H40O2/c1-3-5-7-8-9-10-11-12-13-15-17-19(21)18(20)16-14-6-4-2/h18-21H,3-17H2,1-2H3. The fourth-order valence-corrected chi connectivity index (χ4v) is 2.83. The molecule has 0 heterocycles. The third-order valence-corrected chi connectivity index (χ3v) is 4.40. The topological polar surface area (TPSA) is 40.5 Å². The molecule has 0 fully saturated rings. The molecule has 0 bridgehead atoms. The molecule has 128 valence electrons. The normalized spacial score (nSPS) is 14.3. The molecule has 2 nitrogen and oxygen atoms in total. The van der Waals surface area contributed by atoms with Crippen molar-refractivity contribution in [3.8, 4) is 0 Å². The van der Waals surface area contributed by atoms with Gasteiger partial charge in [-0.15, -0.1) is 0 Å². The van der Waals surface area contributed by atoms with Gasteiger partial charge in [0.25, 0.3) is 0 Å². The van der Waals surface area contributed by atoms with E-state index < -0.39 is 12.2 Å². The summed E-state index contributed by atoms with van der Waals surface area (Å²) in [7, 11) is 0. The maximum Gasteiger partial charge on any atom is 0.0799 e. The van der Waals surface area contributed by atoms with Crippen molar-refractivity contribution in [2.75, 3.05) is 0 Å². The van der Waals surface area contributed by atoms with Crippen LogP contribution in [0.3, 0.4) is 0 Å². The minimum atomic E-state index is -0.505. The number of aliphatic hydroxyl groups excluding tert-OH is 2. The molecule has 0 aromatic carbocycles. The van der Waals surface area contributed by atoms with E-state index in [0.717, 1.165) is 32.1 Å². The highest BCUT2D eigenvalue weighted by Gasteiger charge is 2.14. The minimum Gasteiger partial charge on any atom is -0.390 e. The van der Waals surface area contributed by atoms with E-state index in [0.29, 0.717) is 0 Å². The van der Waals surface area contributed by atoms with E-state index in [1.165, 1.54) is 64.2 Å². The smallest absolute Gasteiger partial charge is 0.0799 e. The summed E-state index contributed by atoms with van der Waals surface area (Å²) in [6, 6.07) is 0. The summed E-state index contributed by atoms with van der Waals surface area (Å²) in [5, 5.41) is 19.7. The van der Waals surface area contributed by atoms with Gasteiger partial charge in [0.05, 0.1) is 12.2 Å². The van der Waals surface area contributed by atoms with Crippen LogP contribution < -0.4 is 0 Å². The Labute approximate surface area is 133 Å². The maximum absolute atomic E-state index is 9.89. The molecule has 0 rings (SSSR count). The molecule has 0 aliphatic heterocycles. The van der Waals surface area contributed by atoms with Gasteiger partial charge in [-0.2, -0.15) is 0 Å². The lowest BCUT2D eigenvalue weighted by atomic mass is 10.00. The van der Waals surface area contributed by atoms with Gasteiger partial charge in [0.2, 0.25) is 0 Å². The zero-order chi connectivity index (χ0) is 15.8. The second kappa shape index (κ2) is 16.3. The van der Waals surface area contributed by atoms with Crippen LogP contribution in [0.15, 0.2) is 0 Å². The molecule has 2 N–H and O–H groups in total. The predicted octanol–water partition coefficient (Wildman–Crippen LogP) is 5.60. The largest absolute Gasteiger partial charge is 0.390 e. The van der Waals surface area contributed by atoms with E-state index in [9.17, 15) is 10.2 Å². The van der Waals surface area contributed by atoms with Crippen molar-refractivity contribution in [2.24, 2.45) is 0 Å². The molecule has 0 aliphatic rings. The number of unbranched alkanes of at least 4 members (excludes halogenated alkanes) is 11. The van der Waals surface area contributed by atoms with Crippen LogP contribution >= 0.6 is 0 Å². The molecule has 2 atom stereocenters. The molecule has 2 unspecified atom stereocenters. The molecular weight excluding hydrogens is 260 g/mol. The Bertz CT molecular complexity index is 194. The lowest BCUT2D eigenvalue weighted by Gasteiger charge is -2.17. The maximum atomic E-state index is 9.89. The fraction of sp³-hybridized carbons (Fsp3) is 1.00. The van der Waals surface area contributed by atoms with Gasteiger partial charge in [-0.25, -0.2) is 0 Å². The van der Waals surface area contributed by atoms with Gasteiger partial charge < -0.3 is 10.2 Å². The van der Waals surface area contributed by atoms with Crippen molar-refractivity contribution >= 4 is 0 Å².